The minimum Gasteiger partial charge on any atom is -0.370 e. The van der Waals surface area contributed by atoms with E-state index in [0.717, 1.165) is 47.5 Å². The minimum atomic E-state index is 0.560. The number of pyridine rings is 1. The van der Waals surface area contributed by atoms with Crippen molar-refractivity contribution in [2.75, 3.05) is 11.9 Å². The molecule has 2 saturated carbocycles. The van der Waals surface area contributed by atoms with Crippen molar-refractivity contribution in [3.05, 3.63) is 60.2 Å². The molecule has 0 saturated heterocycles. The lowest BCUT2D eigenvalue weighted by Gasteiger charge is -2.14. The predicted octanol–water partition coefficient (Wildman–Crippen LogP) is 6.08. The third kappa shape index (κ3) is 3.96. The molecule has 0 amide bonds. The summed E-state index contributed by atoms with van der Waals surface area (Å²) in [5, 5.41) is 5.92. The van der Waals surface area contributed by atoms with Crippen LogP contribution in [-0.2, 0) is 6.42 Å². The Morgan fingerprint density at radius 3 is 2.78 bits per heavy atom. The van der Waals surface area contributed by atoms with Gasteiger partial charge in [-0.1, -0.05) is 12.1 Å². The number of nitrogens with zero attached hydrogens (tertiary/aromatic N) is 4. The van der Waals surface area contributed by atoms with E-state index in [1.807, 2.05) is 0 Å². The van der Waals surface area contributed by atoms with Crippen LogP contribution in [0.1, 0.15) is 55.8 Å². The molecule has 0 aliphatic heterocycles. The van der Waals surface area contributed by atoms with Crippen LogP contribution in [0.5, 0.6) is 0 Å². The number of anilines is 1. The van der Waals surface area contributed by atoms with Crippen LogP contribution < -0.4 is 5.32 Å². The van der Waals surface area contributed by atoms with Crippen LogP contribution in [0.15, 0.2) is 48.9 Å². The third-order valence-corrected chi connectivity index (χ3v) is 7.48. The zero-order valence-electron chi connectivity index (χ0n) is 18.8. The van der Waals surface area contributed by atoms with Crippen molar-refractivity contribution < 1.29 is 0 Å². The first kappa shape index (κ1) is 19.7. The van der Waals surface area contributed by atoms with Crippen molar-refractivity contribution in [2.24, 2.45) is 11.8 Å². The molecule has 5 nitrogen and oxygen atoms in total. The van der Waals surface area contributed by atoms with E-state index in [1.54, 1.807) is 6.33 Å². The monoisotopic (exact) mass is 425 g/mol. The number of rotatable bonds is 7. The summed E-state index contributed by atoms with van der Waals surface area (Å²) in [5.74, 6) is 2.64. The van der Waals surface area contributed by atoms with Gasteiger partial charge in [0.1, 0.15) is 17.8 Å². The maximum absolute atomic E-state index is 4.87. The molecule has 2 atom stereocenters. The van der Waals surface area contributed by atoms with Crippen molar-refractivity contribution in [3.63, 3.8) is 0 Å². The molecular formula is C27H31N5. The second kappa shape index (κ2) is 8.19. The number of fused-ring (bicyclic) bond motifs is 2. The molecule has 3 heterocycles. The van der Waals surface area contributed by atoms with E-state index in [2.05, 4.69) is 69.4 Å². The molecule has 2 fully saturated rings. The van der Waals surface area contributed by atoms with Crippen molar-refractivity contribution in [1.82, 2.24) is 19.5 Å². The molecule has 2 aliphatic rings. The molecule has 32 heavy (non-hydrogen) atoms. The minimum absolute atomic E-state index is 0.560. The van der Waals surface area contributed by atoms with Crippen LogP contribution in [0.25, 0.3) is 21.9 Å². The lowest BCUT2D eigenvalue weighted by molar-refractivity contribution is 0.461. The smallest absolute Gasteiger partial charge is 0.143 e. The van der Waals surface area contributed by atoms with Gasteiger partial charge in [-0.25, -0.2) is 15.0 Å². The summed E-state index contributed by atoms with van der Waals surface area (Å²) in [6, 6.07) is 13.8. The molecule has 0 bridgehead atoms. The van der Waals surface area contributed by atoms with Gasteiger partial charge in [0.15, 0.2) is 0 Å². The highest BCUT2D eigenvalue weighted by molar-refractivity contribution is 5.81. The average molecular weight is 426 g/mol. The van der Waals surface area contributed by atoms with Crippen LogP contribution in [0.3, 0.4) is 0 Å². The van der Waals surface area contributed by atoms with E-state index in [1.165, 1.54) is 54.9 Å². The standard InChI is InChI=1S/C27H31N5/c1-18-24-12-13-32(27(24)30-17-29-18)23-10-7-19(14-23)2-3-20-6-8-22-9-11-26(31-25(22)15-20)28-16-21-4-5-21/h6,8-9,11-13,15,17,19,21,23H,2-5,7,10,14,16H2,1H3,(H,28,31)/t19-,23+/m1/s1. The zero-order chi connectivity index (χ0) is 21.5. The van der Waals surface area contributed by atoms with E-state index in [4.69, 9.17) is 4.98 Å². The van der Waals surface area contributed by atoms with Gasteiger partial charge in [-0.3, -0.25) is 0 Å². The lowest BCUT2D eigenvalue weighted by atomic mass is 9.97. The molecule has 1 N–H and O–H groups in total. The lowest BCUT2D eigenvalue weighted by Crippen LogP contribution is -2.06. The Kier molecular flexibility index (Phi) is 5.05. The Hall–Kier alpha value is -2.95. The Bertz CT molecular complexity index is 1260. The quantitative estimate of drug-likeness (QED) is 0.390. The Morgan fingerprint density at radius 1 is 1.00 bits per heavy atom. The molecule has 0 spiro atoms. The van der Waals surface area contributed by atoms with Crippen molar-refractivity contribution in [2.45, 2.75) is 57.9 Å². The summed E-state index contributed by atoms with van der Waals surface area (Å²) in [7, 11) is 0. The second-order valence-electron chi connectivity index (χ2n) is 9.84. The highest BCUT2D eigenvalue weighted by Gasteiger charge is 2.27. The van der Waals surface area contributed by atoms with Crippen LogP contribution in [0, 0.1) is 18.8 Å². The van der Waals surface area contributed by atoms with Gasteiger partial charge < -0.3 is 9.88 Å². The molecule has 4 aromatic rings. The molecule has 2 aliphatic carbocycles. The third-order valence-electron chi connectivity index (χ3n) is 7.48. The second-order valence-corrected chi connectivity index (χ2v) is 9.84. The van der Waals surface area contributed by atoms with Gasteiger partial charge in [0.2, 0.25) is 0 Å². The molecule has 1 aromatic carbocycles. The summed E-state index contributed by atoms with van der Waals surface area (Å²) in [6.07, 6.45) is 12.8. The molecule has 5 heteroatoms. The largest absolute Gasteiger partial charge is 0.370 e. The number of hydrogen-bond donors (Lipinski definition) is 1. The van der Waals surface area contributed by atoms with Gasteiger partial charge in [0.05, 0.1) is 11.2 Å². The fraction of sp³-hybridized carbons (Fsp3) is 0.444. The Balaban J connectivity index is 1.10. The molecule has 0 radical (unpaired) electrons. The number of aryl methyl sites for hydroxylation is 2. The van der Waals surface area contributed by atoms with Crippen molar-refractivity contribution in [3.8, 4) is 0 Å². The SMILES string of the molecule is Cc1ncnc2c1ccn2[C@H]1CC[C@@H](CCc2ccc3ccc(NCC4CC4)nc3c2)C1. The van der Waals surface area contributed by atoms with E-state index < -0.39 is 0 Å². The number of aromatic nitrogens is 4. The molecule has 6 rings (SSSR count). The first-order valence-electron chi connectivity index (χ1n) is 12.1. The van der Waals surface area contributed by atoms with E-state index in [-0.39, 0.29) is 0 Å². The van der Waals surface area contributed by atoms with E-state index in [9.17, 15) is 0 Å². The van der Waals surface area contributed by atoms with Gasteiger partial charge in [0, 0.05) is 29.6 Å². The highest BCUT2D eigenvalue weighted by Crippen LogP contribution is 2.39. The molecule has 0 unspecified atom stereocenters. The van der Waals surface area contributed by atoms with Gasteiger partial charge in [-0.05, 0) is 93.5 Å². The number of hydrogen-bond acceptors (Lipinski definition) is 4. The normalized spacial score (nSPS) is 20.9. The Labute approximate surface area is 189 Å². The van der Waals surface area contributed by atoms with Crippen molar-refractivity contribution in [1.29, 1.82) is 0 Å². The van der Waals surface area contributed by atoms with Gasteiger partial charge in [-0.2, -0.15) is 0 Å². The van der Waals surface area contributed by atoms with Gasteiger partial charge >= 0.3 is 0 Å². The Morgan fingerprint density at radius 2 is 1.88 bits per heavy atom. The number of benzene rings is 1. The van der Waals surface area contributed by atoms with Crippen LogP contribution >= 0.6 is 0 Å². The number of nitrogens with one attached hydrogen (secondary N) is 1. The molecule has 164 valence electrons. The maximum Gasteiger partial charge on any atom is 0.143 e. The summed E-state index contributed by atoms with van der Waals surface area (Å²) in [6.45, 7) is 3.12. The van der Waals surface area contributed by atoms with E-state index in [0.29, 0.717) is 6.04 Å². The maximum atomic E-state index is 4.87. The zero-order valence-corrected chi connectivity index (χ0v) is 18.8. The predicted molar refractivity (Wildman–Crippen MR) is 130 cm³/mol. The topological polar surface area (TPSA) is 55.6 Å². The summed E-state index contributed by atoms with van der Waals surface area (Å²) in [5.41, 5.74) is 4.68. The molecular weight excluding hydrogens is 394 g/mol. The van der Waals surface area contributed by atoms with Crippen LogP contribution in [0.2, 0.25) is 0 Å². The first-order valence-corrected chi connectivity index (χ1v) is 12.1. The van der Waals surface area contributed by atoms with Crippen LogP contribution in [-0.4, -0.2) is 26.1 Å². The van der Waals surface area contributed by atoms with E-state index >= 15 is 0 Å². The van der Waals surface area contributed by atoms with Crippen molar-refractivity contribution >= 4 is 27.8 Å². The summed E-state index contributed by atoms with van der Waals surface area (Å²) >= 11 is 0. The van der Waals surface area contributed by atoms with Gasteiger partial charge in [0.25, 0.3) is 0 Å². The molecule has 3 aromatic heterocycles. The van der Waals surface area contributed by atoms with Gasteiger partial charge in [-0.15, -0.1) is 0 Å². The fourth-order valence-corrected chi connectivity index (χ4v) is 5.31. The fourth-order valence-electron chi connectivity index (χ4n) is 5.31. The summed E-state index contributed by atoms with van der Waals surface area (Å²) in [4.78, 5) is 13.8. The summed E-state index contributed by atoms with van der Waals surface area (Å²) < 4.78 is 2.39. The average Bonchev–Trinajstić information content (AvgIpc) is 3.34. The highest BCUT2D eigenvalue weighted by atomic mass is 15.1. The van der Waals surface area contributed by atoms with Crippen LogP contribution in [0.4, 0.5) is 5.82 Å². The first-order chi connectivity index (χ1) is 15.7.